The number of aliphatic hydroxyl groups is 1. The first-order valence-corrected chi connectivity index (χ1v) is 13.5. The molecule has 3 aromatic carbocycles. The molecule has 0 aliphatic carbocycles. The average Bonchev–Trinajstić information content (AvgIpc) is 3.64. The second-order valence-electron chi connectivity index (χ2n) is 10.1. The zero-order valence-electron chi connectivity index (χ0n) is 22.7. The molecule has 3 heterocycles. The van der Waals surface area contributed by atoms with Crippen molar-refractivity contribution >= 4 is 11.1 Å². The van der Waals surface area contributed by atoms with Crippen molar-refractivity contribution < 1.29 is 27.9 Å². The predicted octanol–water partition coefficient (Wildman–Crippen LogP) is 4.86. The number of rotatable bonds is 10. The van der Waals surface area contributed by atoms with Gasteiger partial charge in [-0.2, -0.15) is 0 Å². The zero-order valence-corrected chi connectivity index (χ0v) is 22.7. The van der Waals surface area contributed by atoms with E-state index in [4.69, 9.17) is 18.4 Å². The van der Waals surface area contributed by atoms with E-state index in [1.807, 2.05) is 30.3 Å². The SMILES string of the molecule is COc1ccccc1-c1cc(CN2CCN(C[C@H](O)COc3ccc4oc(-c5ccc(F)cc5)nc4c3)CC2)on1. The molecule has 0 unspecified atom stereocenters. The summed E-state index contributed by atoms with van der Waals surface area (Å²) in [5, 5.41) is 14.9. The highest BCUT2D eigenvalue weighted by atomic mass is 19.1. The number of benzene rings is 3. The first-order valence-electron chi connectivity index (χ1n) is 13.5. The van der Waals surface area contributed by atoms with Crippen molar-refractivity contribution in [1.29, 1.82) is 0 Å². The molecule has 1 aliphatic rings. The van der Waals surface area contributed by atoms with Gasteiger partial charge in [0, 0.05) is 56.0 Å². The van der Waals surface area contributed by atoms with Crippen molar-refractivity contribution in [3.63, 3.8) is 0 Å². The van der Waals surface area contributed by atoms with E-state index in [0.717, 1.165) is 48.9 Å². The number of methoxy groups -OCH3 is 1. The summed E-state index contributed by atoms with van der Waals surface area (Å²) in [6.07, 6.45) is -0.637. The molecule has 0 radical (unpaired) electrons. The number of aromatic nitrogens is 2. The highest BCUT2D eigenvalue weighted by molar-refractivity contribution is 5.77. The lowest BCUT2D eigenvalue weighted by Gasteiger charge is -2.35. The van der Waals surface area contributed by atoms with Gasteiger partial charge in [-0.15, -0.1) is 0 Å². The van der Waals surface area contributed by atoms with E-state index in [2.05, 4.69) is 19.9 Å². The lowest BCUT2D eigenvalue weighted by molar-refractivity contribution is 0.0430. The highest BCUT2D eigenvalue weighted by Gasteiger charge is 2.21. The monoisotopic (exact) mass is 558 g/mol. The van der Waals surface area contributed by atoms with Gasteiger partial charge in [-0.05, 0) is 48.5 Å². The second kappa shape index (κ2) is 12.1. The van der Waals surface area contributed by atoms with E-state index in [-0.39, 0.29) is 12.4 Å². The Morgan fingerprint density at radius 2 is 1.76 bits per heavy atom. The number of piperazine rings is 1. The van der Waals surface area contributed by atoms with Crippen LogP contribution in [-0.4, -0.2) is 77.6 Å². The zero-order chi connectivity index (χ0) is 28.2. The fraction of sp³-hybridized carbons (Fsp3) is 0.290. The van der Waals surface area contributed by atoms with Gasteiger partial charge in [0.25, 0.3) is 0 Å². The van der Waals surface area contributed by atoms with Gasteiger partial charge in [-0.3, -0.25) is 9.80 Å². The molecule has 5 aromatic rings. The van der Waals surface area contributed by atoms with E-state index < -0.39 is 6.10 Å². The van der Waals surface area contributed by atoms with Gasteiger partial charge in [0.05, 0.1) is 13.7 Å². The van der Waals surface area contributed by atoms with Crippen molar-refractivity contribution in [2.75, 3.05) is 46.4 Å². The molecule has 1 N–H and O–H groups in total. The van der Waals surface area contributed by atoms with Gasteiger partial charge in [-0.1, -0.05) is 17.3 Å². The Hall–Kier alpha value is -4.25. The molecule has 0 amide bonds. The standard InChI is InChI=1S/C31H31FN4O5/c1-38-29-5-3-2-4-26(29)27-17-25(41-34-27)19-36-14-12-35(13-15-36)18-23(37)20-39-24-10-11-30-28(16-24)33-31(40-30)21-6-8-22(32)9-7-21/h2-11,16-17,23,37H,12-15,18-20H2,1H3/t23-/m0/s1. The van der Waals surface area contributed by atoms with Crippen molar-refractivity contribution in [3.8, 4) is 34.2 Å². The number of halogens is 1. The molecule has 0 saturated carbocycles. The van der Waals surface area contributed by atoms with Crippen LogP contribution >= 0.6 is 0 Å². The van der Waals surface area contributed by atoms with Crippen LogP contribution in [0.1, 0.15) is 5.76 Å². The maximum atomic E-state index is 13.2. The molecule has 1 atom stereocenters. The van der Waals surface area contributed by atoms with E-state index in [0.29, 0.717) is 41.4 Å². The van der Waals surface area contributed by atoms with Crippen LogP contribution in [0.5, 0.6) is 11.5 Å². The number of fused-ring (bicyclic) bond motifs is 1. The summed E-state index contributed by atoms with van der Waals surface area (Å²) in [6, 6.07) is 21.1. The summed E-state index contributed by atoms with van der Waals surface area (Å²) in [7, 11) is 1.65. The third-order valence-corrected chi connectivity index (χ3v) is 7.15. The summed E-state index contributed by atoms with van der Waals surface area (Å²) in [5.74, 6) is 2.27. The van der Waals surface area contributed by atoms with Crippen molar-refractivity contribution in [1.82, 2.24) is 19.9 Å². The largest absolute Gasteiger partial charge is 0.496 e. The maximum Gasteiger partial charge on any atom is 0.227 e. The number of aliphatic hydroxyl groups excluding tert-OH is 1. The number of β-amino-alcohol motifs (C(OH)–C–C–N with tert-alkyl or cyclic N) is 1. The van der Waals surface area contributed by atoms with Crippen molar-refractivity contribution in [3.05, 3.63) is 84.4 Å². The second-order valence-corrected chi connectivity index (χ2v) is 10.1. The maximum absolute atomic E-state index is 13.2. The molecule has 2 aromatic heterocycles. The minimum absolute atomic E-state index is 0.165. The third kappa shape index (κ3) is 6.40. The van der Waals surface area contributed by atoms with E-state index in [1.54, 1.807) is 37.4 Å². The average molecular weight is 559 g/mol. The summed E-state index contributed by atoms with van der Waals surface area (Å²) in [4.78, 5) is 9.05. The van der Waals surface area contributed by atoms with E-state index in [1.165, 1.54) is 12.1 Å². The normalized spacial score (nSPS) is 15.3. The van der Waals surface area contributed by atoms with Crippen LogP contribution in [-0.2, 0) is 6.54 Å². The van der Waals surface area contributed by atoms with Crippen LogP contribution in [0.3, 0.4) is 0 Å². The first-order chi connectivity index (χ1) is 20.0. The lowest BCUT2D eigenvalue weighted by Crippen LogP contribution is -2.48. The molecular formula is C31H31FN4O5. The first kappa shape index (κ1) is 26.9. The summed E-state index contributed by atoms with van der Waals surface area (Å²) >= 11 is 0. The Balaban J connectivity index is 0.963. The number of hydrogen-bond donors (Lipinski definition) is 1. The third-order valence-electron chi connectivity index (χ3n) is 7.15. The Bertz CT molecular complexity index is 1590. The summed E-state index contributed by atoms with van der Waals surface area (Å²) in [5.41, 5.74) is 3.60. The minimum atomic E-state index is -0.637. The Labute approximate surface area is 236 Å². The Morgan fingerprint density at radius 3 is 2.56 bits per heavy atom. The predicted molar refractivity (Wildman–Crippen MR) is 151 cm³/mol. The van der Waals surface area contributed by atoms with Gasteiger partial charge in [-0.25, -0.2) is 9.37 Å². The highest BCUT2D eigenvalue weighted by Crippen LogP contribution is 2.30. The van der Waals surface area contributed by atoms with Crippen LogP contribution in [0.4, 0.5) is 4.39 Å². The molecule has 10 heteroatoms. The lowest BCUT2D eigenvalue weighted by atomic mass is 10.1. The summed E-state index contributed by atoms with van der Waals surface area (Å²) < 4.78 is 35.9. The van der Waals surface area contributed by atoms with Gasteiger partial charge in [0.15, 0.2) is 11.3 Å². The van der Waals surface area contributed by atoms with Gasteiger partial charge < -0.3 is 23.5 Å². The molecular weight excluding hydrogens is 527 g/mol. The molecule has 41 heavy (non-hydrogen) atoms. The minimum Gasteiger partial charge on any atom is -0.496 e. The van der Waals surface area contributed by atoms with Gasteiger partial charge in [0.1, 0.15) is 41.2 Å². The smallest absolute Gasteiger partial charge is 0.227 e. The molecule has 9 nitrogen and oxygen atoms in total. The topological polar surface area (TPSA) is 97.2 Å². The van der Waals surface area contributed by atoms with E-state index >= 15 is 0 Å². The number of para-hydroxylation sites is 1. The molecule has 212 valence electrons. The van der Waals surface area contributed by atoms with Crippen molar-refractivity contribution in [2.45, 2.75) is 12.6 Å². The quantitative estimate of drug-likeness (QED) is 0.258. The van der Waals surface area contributed by atoms with Crippen LogP contribution < -0.4 is 9.47 Å². The molecule has 0 spiro atoms. The number of oxazole rings is 1. The number of hydrogen-bond acceptors (Lipinski definition) is 9. The molecule has 0 bridgehead atoms. The van der Waals surface area contributed by atoms with Crippen LogP contribution in [0, 0.1) is 5.82 Å². The fourth-order valence-corrected chi connectivity index (χ4v) is 4.98. The van der Waals surface area contributed by atoms with Crippen LogP contribution in [0.15, 0.2) is 81.7 Å². The number of ether oxygens (including phenoxy) is 2. The van der Waals surface area contributed by atoms with Gasteiger partial charge >= 0.3 is 0 Å². The van der Waals surface area contributed by atoms with Gasteiger partial charge in [0.2, 0.25) is 5.89 Å². The Morgan fingerprint density at radius 1 is 0.976 bits per heavy atom. The molecule has 1 aliphatic heterocycles. The molecule has 1 fully saturated rings. The fourth-order valence-electron chi connectivity index (χ4n) is 4.98. The van der Waals surface area contributed by atoms with E-state index in [9.17, 15) is 9.50 Å². The molecule has 6 rings (SSSR count). The Kier molecular flexibility index (Phi) is 7.95. The van der Waals surface area contributed by atoms with Crippen LogP contribution in [0.2, 0.25) is 0 Å². The van der Waals surface area contributed by atoms with Crippen molar-refractivity contribution in [2.24, 2.45) is 0 Å². The number of nitrogens with zero attached hydrogens (tertiary/aromatic N) is 4. The summed E-state index contributed by atoms with van der Waals surface area (Å²) in [6.45, 7) is 4.75. The van der Waals surface area contributed by atoms with Crippen LogP contribution in [0.25, 0.3) is 33.8 Å². The molecule has 1 saturated heterocycles.